The van der Waals surface area contributed by atoms with Gasteiger partial charge >= 0.3 is 0 Å². The van der Waals surface area contributed by atoms with Crippen LogP contribution in [0.5, 0.6) is 17.2 Å². The highest BCUT2D eigenvalue weighted by Crippen LogP contribution is 2.29. The Morgan fingerprint density at radius 1 is 1.00 bits per heavy atom. The molecule has 1 saturated carbocycles. The molecular weight excluding hydrogens is 354 g/mol. The number of hydrogen-bond acceptors (Lipinski definition) is 4. The van der Waals surface area contributed by atoms with E-state index in [0.717, 1.165) is 29.8 Å². The molecule has 6 nitrogen and oxygen atoms in total. The number of nitrogens with zero attached hydrogens (tertiary/aromatic N) is 1. The lowest BCUT2D eigenvalue weighted by Gasteiger charge is -2.23. The first kappa shape index (κ1) is 19.9. The summed E-state index contributed by atoms with van der Waals surface area (Å²) in [7, 11) is 3.20. The average molecular weight is 383 g/mol. The number of ether oxygens (including phenoxy) is 3. The van der Waals surface area contributed by atoms with Crippen LogP contribution in [0.25, 0.3) is 0 Å². The molecule has 0 aliphatic heterocycles. The molecule has 3 rings (SSSR count). The van der Waals surface area contributed by atoms with Crippen molar-refractivity contribution in [2.24, 2.45) is 10.7 Å². The van der Waals surface area contributed by atoms with Crippen molar-refractivity contribution in [2.75, 3.05) is 19.5 Å². The SMILES string of the molecule is COc1ccc(NC(N)=NCc2ccc(OC3CCCCC3)cc2)cc1OC. The summed E-state index contributed by atoms with van der Waals surface area (Å²) in [6.45, 7) is 0.496. The fourth-order valence-electron chi connectivity index (χ4n) is 3.33. The Labute approximate surface area is 166 Å². The zero-order chi connectivity index (χ0) is 19.8. The van der Waals surface area contributed by atoms with Crippen molar-refractivity contribution >= 4 is 11.6 Å². The summed E-state index contributed by atoms with van der Waals surface area (Å²) in [6.07, 6.45) is 6.54. The number of aliphatic imine (C=N–C) groups is 1. The number of benzene rings is 2. The van der Waals surface area contributed by atoms with Crippen LogP contribution in [0.2, 0.25) is 0 Å². The molecule has 2 aromatic rings. The second kappa shape index (κ2) is 9.88. The third-order valence-electron chi connectivity index (χ3n) is 4.87. The molecule has 0 spiro atoms. The predicted octanol–water partition coefficient (Wildman–Crippen LogP) is 4.34. The van der Waals surface area contributed by atoms with Gasteiger partial charge in [-0.1, -0.05) is 18.6 Å². The highest BCUT2D eigenvalue weighted by Gasteiger charge is 2.14. The van der Waals surface area contributed by atoms with Crippen LogP contribution in [0, 0.1) is 0 Å². The van der Waals surface area contributed by atoms with Crippen molar-refractivity contribution in [1.82, 2.24) is 0 Å². The minimum absolute atomic E-state index is 0.342. The normalized spacial score (nSPS) is 15.1. The summed E-state index contributed by atoms with van der Waals surface area (Å²) in [5.74, 6) is 2.57. The molecule has 0 heterocycles. The largest absolute Gasteiger partial charge is 0.493 e. The van der Waals surface area contributed by atoms with Crippen LogP contribution in [-0.4, -0.2) is 26.3 Å². The van der Waals surface area contributed by atoms with E-state index in [2.05, 4.69) is 10.3 Å². The molecule has 2 aromatic carbocycles. The van der Waals surface area contributed by atoms with E-state index < -0.39 is 0 Å². The minimum atomic E-state index is 0.342. The standard InChI is InChI=1S/C22H29N3O3/c1-26-20-13-10-17(14-21(20)27-2)25-22(23)24-15-16-8-11-19(12-9-16)28-18-6-4-3-5-7-18/h8-14,18H,3-7,15H2,1-2H3,(H3,23,24,25). The number of anilines is 1. The predicted molar refractivity (Wildman–Crippen MR) is 112 cm³/mol. The Morgan fingerprint density at radius 3 is 2.39 bits per heavy atom. The van der Waals surface area contributed by atoms with Crippen molar-refractivity contribution < 1.29 is 14.2 Å². The van der Waals surface area contributed by atoms with E-state index in [1.54, 1.807) is 14.2 Å². The molecule has 0 radical (unpaired) electrons. The molecular formula is C22H29N3O3. The van der Waals surface area contributed by atoms with Gasteiger partial charge in [0.05, 0.1) is 26.9 Å². The molecule has 0 unspecified atom stereocenters. The first-order valence-corrected chi connectivity index (χ1v) is 9.72. The molecule has 3 N–H and O–H groups in total. The van der Waals surface area contributed by atoms with Gasteiger partial charge in [0.2, 0.25) is 0 Å². The Hall–Kier alpha value is -2.89. The number of nitrogens with two attached hydrogens (primary N) is 1. The monoisotopic (exact) mass is 383 g/mol. The summed E-state index contributed by atoms with van der Waals surface area (Å²) in [4.78, 5) is 4.40. The number of rotatable bonds is 7. The second-order valence-electron chi connectivity index (χ2n) is 6.92. The lowest BCUT2D eigenvalue weighted by Crippen LogP contribution is -2.22. The molecule has 6 heteroatoms. The van der Waals surface area contributed by atoms with Crippen molar-refractivity contribution in [3.63, 3.8) is 0 Å². The highest BCUT2D eigenvalue weighted by molar-refractivity contribution is 5.92. The maximum Gasteiger partial charge on any atom is 0.193 e. The van der Waals surface area contributed by atoms with Gasteiger partial charge in [-0.25, -0.2) is 4.99 Å². The van der Waals surface area contributed by atoms with E-state index in [-0.39, 0.29) is 0 Å². The van der Waals surface area contributed by atoms with Gasteiger partial charge in [0, 0.05) is 11.8 Å². The van der Waals surface area contributed by atoms with Crippen LogP contribution >= 0.6 is 0 Å². The molecule has 0 aromatic heterocycles. The summed E-state index contributed by atoms with van der Waals surface area (Å²) in [5.41, 5.74) is 7.88. The molecule has 0 saturated heterocycles. The summed E-state index contributed by atoms with van der Waals surface area (Å²) >= 11 is 0. The number of methoxy groups -OCH3 is 2. The second-order valence-corrected chi connectivity index (χ2v) is 6.92. The Kier molecular flexibility index (Phi) is 7.00. The quantitative estimate of drug-likeness (QED) is 0.549. The molecule has 28 heavy (non-hydrogen) atoms. The van der Waals surface area contributed by atoms with Crippen LogP contribution in [0.1, 0.15) is 37.7 Å². The van der Waals surface area contributed by atoms with Gasteiger partial charge in [0.1, 0.15) is 5.75 Å². The van der Waals surface area contributed by atoms with E-state index in [1.165, 1.54) is 19.3 Å². The van der Waals surface area contributed by atoms with Crippen LogP contribution in [0.15, 0.2) is 47.5 Å². The van der Waals surface area contributed by atoms with Crippen molar-refractivity contribution in [2.45, 2.75) is 44.8 Å². The third-order valence-corrected chi connectivity index (χ3v) is 4.87. The first-order valence-electron chi connectivity index (χ1n) is 9.72. The summed E-state index contributed by atoms with van der Waals surface area (Å²) in [6, 6.07) is 13.6. The molecule has 0 atom stereocenters. The third kappa shape index (κ3) is 5.55. The Bertz CT molecular complexity index is 784. The van der Waals surface area contributed by atoms with Crippen molar-refractivity contribution in [1.29, 1.82) is 0 Å². The van der Waals surface area contributed by atoms with E-state index in [1.807, 2.05) is 42.5 Å². The highest BCUT2D eigenvalue weighted by atomic mass is 16.5. The fourth-order valence-corrected chi connectivity index (χ4v) is 3.33. The van der Waals surface area contributed by atoms with Gasteiger partial charge in [0.15, 0.2) is 17.5 Å². The Balaban J connectivity index is 1.54. The molecule has 1 aliphatic carbocycles. The maximum absolute atomic E-state index is 6.06. The van der Waals surface area contributed by atoms with Crippen molar-refractivity contribution in [3.8, 4) is 17.2 Å². The number of nitrogens with one attached hydrogen (secondary N) is 1. The molecule has 1 fully saturated rings. The lowest BCUT2D eigenvalue weighted by molar-refractivity contribution is 0.155. The molecule has 1 aliphatic rings. The number of guanidine groups is 1. The molecule has 0 amide bonds. The van der Waals surface area contributed by atoms with Crippen LogP contribution < -0.4 is 25.3 Å². The van der Waals surface area contributed by atoms with Crippen LogP contribution in [0.3, 0.4) is 0 Å². The molecule has 150 valence electrons. The maximum atomic E-state index is 6.06. The average Bonchev–Trinajstić information content (AvgIpc) is 2.74. The lowest BCUT2D eigenvalue weighted by atomic mass is 9.98. The smallest absolute Gasteiger partial charge is 0.193 e. The topological polar surface area (TPSA) is 78.1 Å². The van der Waals surface area contributed by atoms with E-state index in [0.29, 0.717) is 30.1 Å². The van der Waals surface area contributed by atoms with Crippen molar-refractivity contribution in [3.05, 3.63) is 48.0 Å². The van der Waals surface area contributed by atoms with Gasteiger partial charge in [-0.15, -0.1) is 0 Å². The summed E-state index contributed by atoms with van der Waals surface area (Å²) < 4.78 is 16.6. The fraction of sp³-hybridized carbons (Fsp3) is 0.409. The number of hydrogen-bond donors (Lipinski definition) is 2. The zero-order valence-corrected chi connectivity index (χ0v) is 16.6. The van der Waals surface area contributed by atoms with Gasteiger partial charge in [-0.05, 0) is 55.5 Å². The van der Waals surface area contributed by atoms with Crippen LogP contribution in [0.4, 0.5) is 5.69 Å². The first-order chi connectivity index (χ1) is 13.7. The van der Waals surface area contributed by atoms with Gasteiger partial charge < -0.3 is 25.3 Å². The van der Waals surface area contributed by atoms with Gasteiger partial charge in [-0.3, -0.25) is 0 Å². The van der Waals surface area contributed by atoms with E-state index in [9.17, 15) is 0 Å². The van der Waals surface area contributed by atoms with E-state index in [4.69, 9.17) is 19.9 Å². The minimum Gasteiger partial charge on any atom is -0.493 e. The van der Waals surface area contributed by atoms with Gasteiger partial charge in [0.25, 0.3) is 0 Å². The Morgan fingerprint density at radius 2 is 1.71 bits per heavy atom. The summed E-state index contributed by atoms with van der Waals surface area (Å²) in [5, 5.41) is 3.07. The van der Waals surface area contributed by atoms with Gasteiger partial charge in [-0.2, -0.15) is 0 Å². The molecule has 0 bridgehead atoms. The van der Waals surface area contributed by atoms with Crippen LogP contribution in [-0.2, 0) is 6.54 Å². The zero-order valence-electron chi connectivity index (χ0n) is 16.6. The van der Waals surface area contributed by atoms with E-state index >= 15 is 0 Å².